The van der Waals surface area contributed by atoms with Crippen LogP contribution in [0.2, 0.25) is 0 Å². The van der Waals surface area contributed by atoms with Crippen LogP contribution in [0.15, 0.2) is 18.2 Å². The molecular weight excluding hydrogens is 236 g/mol. The Morgan fingerprint density at radius 1 is 1.37 bits per heavy atom. The lowest BCUT2D eigenvalue weighted by Gasteiger charge is -2.29. The molecular formula is C17H26O2. The number of aliphatic hydroxyl groups is 1. The second-order valence-electron chi connectivity index (χ2n) is 6.31. The van der Waals surface area contributed by atoms with Crippen molar-refractivity contribution in [3.8, 4) is 5.75 Å². The first kappa shape index (κ1) is 14.4. The molecule has 1 N–H and O–H groups in total. The van der Waals surface area contributed by atoms with Gasteiger partial charge in [0.1, 0.15) is 5.75 Å². The van der Waals surface area contributed by atoms with E-state index in [1.165, 1.54) is 24.8 Å². The van der Waals surface area contributed by atoms with Crippen molar-refractivity contribution in [2.75, 3.05) is 6.61 Å². The molecule has 1 aromatic rings. The molecule has 106 valence electrons. The summed E-state index contributed by atoms with van der Waals surface area (Å²) in [5.41, 5.74) is 2.61. The fraction of sp³-hybridized carbons (Fsp3) is 0.647. The molecule has 1 aliphatic rings. The van der Waals surface area contributed by atoms with E-state index in [0.717, 1.165) is 24.3 Å². The van der Waals surface area contributed by atoms with Gasteiger partial charge in [-0.3, -0.25) is 0 Å². The van der Waals surface area contributed by atoms with E-state index in [1.54, 1.807) is 0 Å². The number of rotatable bonds is 5. The molecule has 1 fully saturated rings. The van der Waals surface area contributed by atoms with Crippen LogP contribution in [0, 0.1) is 5.41 Å². The van der Waals surface area contributed by atoms with Crippen molar-refractivity contribution in [2.45, 2.75) is 59.0 Å². The predicted octanol–water partition coefficient (Wildman–Crippen LogP) is 4.26. The molecule has 2 nitrogen and oxygen atoms in total. The quantitative estimate of drug-likeness (QED) is 0.859. The van der Waals surface area contributed by atoms with Crippen molar-refractivity contribution in [1.82, 2.24) is 0 Å². The fourth-order valence-corrected chi connectivity index (χ4v) is 3.22. The maximum atomic E-state index is 9.36. The smallest absolute Gasteiger partial charge is 0.122 e. The lowest BCUT2D eigenvalue weighted by molar-refractivity contribution is 0.277. The Balaban J connectivity index is 2.34. The predicted molar refractivity (Wildman–Crippen MR) is 78.5 cm³/mol. The first-order valence-electron chi connectivity index (χ1n) is 7.45. The average Bonchev–Trinajstić information content (AvgIpc) is 2.75. The third-order valence-corrected chi connectivity index (χ3v) is 4.35. The highest BCUT2D eigenvalue weighted by Crippen LogP contribution is 2.51. The minimum absolute atomic E-state index is 0.105. The van der Waals surface area contributed by atoms with E-state index < -0.39 is 0 Å². The van der Waals surface area contributed by atoms with Crippen molar-refractivity contribution in [3.05, 3.63) is 29.3 Å². The molecule has 0 saturated heterocycles. The van der Waals surface area contributed by atoms with E-state index in [1.807, 2.05) is 12.1 Å². The standard InChI is InChI=1S/C17H26O2/c1-4-10-19-16-8-7-13(12-18)11-14(16)15-6-5-9-17(15,2)3/h7-8,11,15,18H,4-6,9-10,12H2,1-3H3/t15-/m0/s1. The first-order valence-corrected chi connectivity index (χ1v) is 7.45. The Kier molecular flexibility index (Phi) is 4.51. The summed E-state index contributed by atoms with van der Waals surface area (Å²) in [5.74, 6) is 1.56. The Morgan fingerprint density at radius 2 is 2.16 bits per heavy atom. The van der Waals surface area contributed by atoms with Crippen LogP contribution in [0.5, 0.6) is 5.75 Å². The summed E-state index contributed by atoms with van der Waals surface area (Å²) >= 11 is 0. The van der Waals surface area contributed by atoms with E-state index >= 15 is 0 Å². The molecule has 2 rings (SSSR count). The number of aliphatic hydroxyl groups excluding tert-OH is 1. The maximum absolute atomic E-state index is 9.36. The SMILES string of the molecule is CCCOc1ccc(CO)cc1[C@@H]1CCCC1(C)C. The van der Waals surface area contributed by atoms with Crippen molar-refractivity contribution in [1.29, 1.82) is 0 Å². The van der Waals surface area contributed by atoms with E-state index in [4.69, 9.17) is 4.74 Å². The zero-order valence-corrected chi connectivity index (χ0v) is 12.4. The second kappa shape index (κ2) is 5.96. The number of hydrogen-bond acceptors (Lipinski definition) is 2. The van der Waals surface area contributed by atoms with Crippen LogP contribution >= 0.6 is 0 Å². The highest BCUT2D eigenvalue weighted by atomic mass is 16.5. The van der Waals surface area contributed by atoms with Crippen LogP contribution in [0.4, 0.5) is 0 Å². The fourth-order valence-electron chi connectivity index (χ4n) is 3.22. The third-order valence-electron chi connectivity index (χ3n) is 4.35. The van der Waals surface area contributed by atoms with E-state index in [0.29, 0.717) is 11.3 Å². The van der Waals surface area contributed by atoms with Gasteiger partial charge in [0.05, 0.1) is 13.2 Å². The topological polar surface area (TPSA) is 29.5 Å². The maximum Gasteiger partial charge on any atom is 0.122 e. The van der Waals surface area contributed by atoms with Crippen LogP contribution in [-0.4, -0.2) is 11.7 Å². The van der Waals surface area contributed by atoms with Gasteiger partial charge in [0.25, 0.3) is 0 Å². The molecule has 0 radical (unpaired) electrons. The average molecular weight is 262 g/mol. The van der Waals surface area contributed by atoms with Crippen molar-refractivity contribution in [2.24, 2.45) is 5.41 Å². The molecule has 0 aliphatic heterocycles. The molecule has 0 amide bonds. The van der Waals surface area contributed by atoms with Crippen molar-refractivity contribution < 1.29 is 9.84 Å². The van der Waals surface area contributed by atoms with Crippen LogP contribution in [0.1, 0.15) is 63.5 Å². The van der Waals surface area contributed by atoms with Crippen LogP contribution < -0.4 is 4.74 Å². The third kappa shape index (κ3) is 3.11. The van der Waals surface area contributed by atoms with Gasteiger partial charge in [0, 0.05) is 0 Å². The summed E-state index contributed by atoms with van der Waals surface area (Å²) in [7, 11) is 0. The Bertz CT molecular complexity index is 423. The Hall–Kier alpha value is -1.02. The minimum Gasteiger partial charge on any atom is -0.493 e. The molecule has 1 saturated carbocycles. The number of hydrogen-bond donors (Lipinski definition) is 1. The van der Waals surface area contributed by atoms with Crippen molar-refractivity contribution >= 4 is 0 Å². The van der Waals surface area contributed by atoms with Gasteiger partial charge in [-0.05, 0) is 53.9 Å². The highest BCUT2D eigenvalue weighted by molar-refractivity contribution is 5.41. The van der Waals surface area contributed by atoms with Gasteiger partial charge in [-0.1, -0.05) is 33.3 Å². The highest BCUT2D eigenvalue weighted by Gasteiger charge is 2.37. The molecule has 1 aliphatic carbocycles. The molecule has 19 heavy (non-hydrogen) atoms. The lowest BCUT2D eigenvalue weighted by Crippen LogP contribution is -2.17. The monoisotopic (exact) mass is 262 g/mol. The molecule has 1 aromatic carbocycles. The summed E-state index contributed by atoms with van der Waals surface area (Å²) in [6.45, 7) is 7.69. The first-order chi connectivity index (χ1) is 9.08. The van der Waals surface area contributed by atoms with Gasteiger partial charge in [-0.2, -0.15) is 0 Å². The van der Waals surface area contributed by atoms with E-state index in [-0.39, 0.29) is 6.61 Å². The van der Waals surface area contributed by atoms with E-state index in [2.05, 4.69) is 26.8 Å². The van der Waals surface area contributed by atoms with Gasteiger partial charge < -0.3 is 9.84 Å². The Labute approximate surface area is 116 Å². The number of benzene rings is 1. The van der Waals surface area contributed by atoms with Gasteiger partial charge in [-0.15, -0.1) is 0 Å². The molecule has 0 spiro atoms. The molecule has 0 bridgehead atoms. The van der Waals surface area contributed by atoms with Crippen molar-refractivity contribution in [3.63, 3.8) is 0 Å². The largest absolute Gasteiger partial charge is 0.493 e. The van der Waals surface area contributed by atoms with Gasteiger partial charge in [0.15, 0.2) is 0 Å². The lowest BCUT2D eigenvalue weighted by atomic mass is 9.77. The normalized spacial score (nSPS) is 21.6. The molecule has 0 unspecified atom stereocenters. The van der Waals surface area contributed by atoms with Crippen LogP contribution in [0.25, 0.3) is 0 Å². The minimum atomic E-state index is 0.105. The molecule has 0 aromatic heterocycles. The molecule has 1 atom stereocenters. The summed E-state index contributed by atoms with van der Waals surface area (Å²) in [5, 5.41) is 9.36. The van der Waals surface area contributed by atoms with Gasteiger partial charge in [0.2, 0.25) is 0 Å². The van der Waals surface area contributed by atoms with Gasteiger partial charge >= 0.3 is 0 Å². The number of ether oxygens (including phenoxy) is 1. The zero-order chi connectivity index (χ0) is 13.9. The van der Waals surface area contributed by atoms with E-state index in [9.17, 15) is 5.11 Å². The zero-order valence-electron chi connectivity index (χ0n) is 12.4. The Morgan fingerprint density at radius 3 is 2.74 bits per heavy atom. The molecule has 2 heteroatoms. The summed E-state index contributed by atoms with van der Waals surface area (Å²) < 4.78 is 5.91. The van der Waals surface area contributed by atoms with Gasteiger partial charge in [-0.25, -0.2) is 0 Å². The second-order valence-corrected chi connectivity index (χ2v) is 6.31. The van der Waals surface area contributed by atoms with Crippen LogP contribution in [0.3, 0.4) is 0 Å². The summed E-state index contributed by atoms with van der Waals surface area (Å²) in [4.78, 5) is 0. The molecule has 0 heterocycles. The summed E-state index contributed by atoms with van der Waals surface area (Å²) in [6.07, 6.45) is 4.81. The summed E-state index contributed by atoms with van der Waals surface area (Å²) in [6, 6.07) is 6.14. The van der Waals surface area contributed by atoms with Crippen LogP contribution in [-0.2, 0) is 6.61 Å².